The van der Waals surface area contributed by atoms with Crippen LogP contribution in [0.1, 0.15) is 33.1 Å². The molecule has 1 fully saturated rings. The summed E-state index contributed by atoms with van der Waals surface area (Å²) in [4.78, 5) is 12.9. The number of carboxylic acids is 1. The summed E-state index contributed by atoms with van der Waals surface area (Å²) in [6.45, 7) is 6.43. The molecule has 1 aliphatic heterocycles. The van der Waals surface area contributed by atoms with Gasteiger partial charge in [-0.05, 0) is 39.2 Å². The fourth-order valence-electron chi connectivity index (χ4n) is 1.98. The lowest BCUT2D eigenvalue weighted by molar-refractivity contribution is -0.138. The molecule has 1 atom stereocenters. The third kappa shape index (κ3) is 3.35. The third-order valence-corrected chi connectivity index (χ3v) is 2.74. The summed E-state index contributed by atoms with van der Waals surface area (Å²) < 4.78 is 0. The van der Waals surface area contributed by atoms with Crippen LogP contribution < -0.4 is 0 Å². The predicted molar refractivity (Wildman–Crippen MR) is 51.7 cm³/mol. The highest BCUT2D eigenvalue weighted by Crippen LogP contribution is 2.20. The van der Waals surface area contributed by atoms with E-state index in [4.69, 9.17) is 5.11 Å². The molecule has 3 nitrogen and oxygen atoms in total. The molecule has 1 aliphatic rings. The van der Waals surface area contributed by atoms with E-state index in [1.165, 1.54) is 0 Å². The van der Waals surface area contributed by atoms with Crippen molar-refractivity contribution in [3.8, 4) is 0 Å². The minimum absolute atomic E-state index is 0.337. The maximum absolute atomic E-state index is 10.5. The van der Waals surface area contributed by atoms with Crippen LogP contribution in [0.25, 0.3) is 0 Å². The second-order valence-corrected chi connectivity index (χ2v) is 4.19. The number of hydrogen-bond donors (Lipinski definition) is 1. The molecule has 0 radical (unpaired) electrons. The van der Waals surface area contributed by atoms with Crippen LogP contribution in [0.15, 0.2) is 0 Å². The number of nitrogens with zero attached hydrogens (tertiary/aromatic N) is 1. The van der Waals surface area contributed by atoms with Gasteiger partial charge in [-0.15, -0.1) is 0 Å². The Morgan fingerprint density at radius 3 is 2.85 bits per heavy atom. The monoisotopic (exact) mass is 185 g/mol. The first-order chi connectivity index (χ1) is 6.09. The highest BCUT2D eigenvalue weighted by atomic mass is 16.4. The SMILES string of the molecule is CC(C)N1CCC[C@H](CC(=O)O)C1. The Bertz CT molecular complexity index is 180. The van der Waals surface area contributed by atoms with Gasteiger partial charge >= 0.3 is 5.97 Å². The van der Waals surface area contributed by atoms with Gasteiger partial charge in [-0.1, -0.05) is 0 Å². The van der Waals surface area contributed by atoms with E-state index >= 15 is 0 Å². The Balaban J connectivity index is 2.37. The van der Waals surface area contributed by atoms with Gasteiger partial charge < -0.3 is 10.0 Å². The molecule has 1 rings (SSSR count). The molecule has 0 saturated carbocycles. The second kappa shape index (κ2) is 4.61. The average Bonchev–Trinajstić information content (AvgIpc) is 2.03. The van der Waals surface area contributed by atoms with Crippen LogP contribution in [0, 0.1) is 5.92 Å². The van der Waals surface area contributed by atoms with E-state index in [2.05, 4.69) is 18.7 Å². The number of carboxylic acid groups (broad SMARTS) is 1. The summed E-state index contributed by atoms with van der Waals surface area (Å²) >= 11 is 0. The maximum Gasteiger partial charge on any atom is 0.303 e. The van der Waals surface area contributed by atoms with E-state index in [0.717, 1.165) is 25.9 Å². The van der Waals surface area contributed by atoms with Gasteiger partial charge in [-0.25, -0.2) is 0 Å². The topological polar surface area (TPSA) is 40.5 Å². The lowest BCUT2D eigenvalue weighted by Crippen LogP contribution is -2.40. The Hall–Kier alpha value is -0.570. The highest BCUT2D eigenvalue weighted by Gasteiger charge is 2.23. The van der Waals surface area contributed by atoms with E-state index in [-0.39, 0.29) is 0 Å². The van der Waals surface area contributed by atoms with E-state index < -0.39 is 5.97 Å². The van der Waals surface area contributed by atoms with Crippen LogP contribution in [0.3, 0.4) is 0 Å². The van der Waals surface area contributed by atoms with Crippen molar-refractivity contribution >= 4 is 5.97 Å². The zero-order chi connectivity index (χ0) is 9.84. The van der Waals surface area contributed by atoms with Crippen molar-refractivity contribution in [1.82, 2.24) is 4.90 Å². The predicted octanol–water partition coefficient (Wildman–Crippen LogP) is 1.58. The highest BCUT2D eigenvalue weighted by molar-refractivity contribution is 5.67. The fraction of sp³-hybridized carbons (Fsp3) is 0.900. The zero-order valence-corrected chi connectivity index (χ0v) is 8.49. The third-order valence-electron chi connectivity index (χ3n) is 2.74. The van der Waals surface area contributed by atoms with E-state index in [9.17, 15) is 4.79 Å². The lowest BCUT2D eigenvalue weighted by Gasteiger charge is -2.34. The number of carbonyl (C=O) groups is 1. The quantitative estimate of drug-likeness (QED) is 0.725. The molecule has 0 aromatic carbocycles. The van der Waals surface area contributed by atoms with Crippen molar-refractivity contribution in [2.45, 2.75) is 39.2 Å². The van der Waals surface area contributed by atoms with Gasteiger partial charge in [-0.3, -0.25) is 4.79 Å². The molecule has 1 N–H and O–H groups in total. The molecule has 0 bridgehead atoms. The Kier molecular flexibility index (Phi) is 3.72. The molecule has 0 unspecified atom stereocenters. The summed E-state index contributed by atoms with van der Waals surface area (Å²) in [7, 11) is 0. The Labute approximate surface area is 79.7 Å². The van der Waals surface area contributed by atoms with Crippen molar-refractivity contribution in [3.63, 3.8) is 0 Å². The first-order valence-electron chi connectivity index (χ1n) is 5.05. The van der Waals surface area contributed by atoms with Crippen molar-refractivity contribution in [3.05, 3.63) is 0 Å². The van der Waals surface area contributed by atoms with Gasteiger partial charge in [0, 0.05) is 19.0 Å². The standard InChI is InChI=1S/C10H19NO2/c1-8(2)11-5-3-4-9(7-11)6-10(12)13/h8-9H,3-7H2,1-2H3,(H,12,13)/t9-/m1/s1. The lowest BCUT2D eigenvalue weighted by atomic mass is 9.94. The Morgan fingerprint density at radius 2 is 2.31 bits per heavy atom. The molecule has 0 aromatic rings. The molecule has 76 valence electrons. The molecule has 13 heavy (non-hydrogen) atoms. The molecule has 0 aromatic heterocycles. The normalized spacial score (nSPS) is 25.0. The summed E-state index contributed by atoms with van der Waals surface area (Å²) in [5, 5.41) is 8.67. The van der Waals surface area contributed by atoms with Gasteiger partial charge in [0.1, 0.15) is 0 Å². The van der Waals surface area contributed by atoms with Crippen LogP contribution in [0.2, 0.25) is 0 Å². The van der Waals surface area contributed by atoms with E-state index in [0.29, 0.717) is 18.4 Å². The average molecular weight is 185 g/mol. The zero-order valence-electron chi connectivity index (χ0n) is 8.49. The summed E-state index contributed by atoms with van der Waals surface area (Å²) in [5.41, 5.74) is 0. The van der Waals surface area contributed by atoms with Crippen LogP contribution >= 0.6 is 0 Å². The van der Waals surface area contributed by atoms with Crippen LogP contribution in [0.4, 0.5) is 0 Å². The van der Waals surface area contributed by atoms with Crippen LogP contribution in [-0.4, -0.2) is 35.1 Å². The molecule has 1 heterocycles. The van der Waals surface area contributed by atoms with Crippen molar-refractivity contribution < 1.29 is 9.90 Å². The molecule has 0 amide bonds. The fourth-order valence-corrected chi connectivity index (χ4v) is 1.98. The van der Waals surface area contributed by atoms with Gasteiger partial charge in [0.2, 0.25) is 0 Å². The summed E-state index contributed by atoms with van der Waals surface area (Å²) in [6, 6.07) is 0.552. The van der Waals surface area contributed by atoms with Crippen LogP contribution in [-0.2, 0) is 4.79 Å². The molecule has 0 spiro atoms. The Morgan fingerprint density at radius 1 is 1.62 bits per heavy atom. The number of rotatable bonds is 3. The van der Waals surface area contributed by atoms with E-state index in [1.807, 2.05) is 0 Å². The van der Waals surface area contributed by atoms with Crippen LogP contribution in [0.5, 0.6) is 0 Å². The number of hydrogen-bond acceptors (Lipinski definition) is 2. The molecular weight excluding hydrogens is 166 g/mol. The molecular formula is C10H19NO2. The first kappa shape index (κ1) is 10.5. The largest absolute Gasteiger partial charge is 0.481 e. The minimum atomic E-state index is -0.657. The van der Waals surface area contributed by atoms with Crippen molar-refractivity contribution in [2.24, 2.45) is 5.92 Å². The summed E-state index contributed by atoms with van der Waals surface area (Å²) in [6.07, 6.45) is 2.56. The number of piperidine rings is 1. The maximum atomic E-state index is 10.5. The van der Waals surface area contributed by atoms with E-state index in [1.54, 1.807) is 0 Å². The molecule has 3 heteroatoms. The summed E-state index contributed by atoms with van der Waals surface area (Å²) in [5.74, 6) is -0.288. The number of aliphatic carboxylic acids is 1. The molecule has 1 saturated heterocycles. The van der Waals surface area contributed by atoms with Gasteiger partial charge in [0.15, 0.2) is 0 Å². The van der Waals surface area contributed by atoms with Gasteiger partial charge in [0.25, 0.3) is 0 Å². The first-order valence-corrected chi connectivity index (χ1v) is 5.05. The second-order valence-electron chi connectivity index (χ2n) is 4.19. The van der Waals surface area contributed by atoms with Crippen molar-refractivity contribution in [1.29, 1.82) is 0 Å². The number of likely N-dealkylation sites (tertiary alicyclic amines) is 1. The minimum Gasteiger partial charge on any atom is -0.481 e. The van der Waals surface area contributed by atoms with Crippen molar-refractivity contribution in [2.75, 3.05) is 13.1 Å². The van der Waals surface area contributed by atoms with Gasteiger partial charge in [0.05, 0.1) is 0 Å². The molecule has 0 aliphatic carbocycles. The van der Waals surface area contributed by atoms with Gasteiger partial charge in [-0.2, -0.15) is 0 Å². The smallest absolute Gasteiger partial charge is 0.303 e.